The van der Waals surface area contributed by atoms with Crippen molar-refractivity contribution in [3.05, 3.63) is 82.6 Å². The molecule has 0 spiro atoms. The molecule has 0 aliphatic carbocycles. The second kappa shape index (κ2) is 11.2. The van der Waals surface area contributed by atoms with Crippen molar-refractivity contribution in [1.29, 1.82) is 0 Å². The molecule has 0 radical (unpaired) electrons. The van der Waals surface area contributed by atoms with Crippen LogP contribution in [0.25, 0.3) is 11.3 Å². The zero-order valence-electron chi connectivity index (χ0n) is 19.8. The van der Waals surface area contributed by atoms with Gasteiger partial charge in [-0.25, -0.2) is 4.98 Å². The Bertz CT molecular complexity index is 1310. The molecule has 1 amide bonds. The number of carbonyl (C=O) groups excluding carboxylic acids is 1. The van der Waals surface area contributed by atoms with E-state index in [1.165, 1.54) is 11.3 Å². The number of halogens is 1. The first-order valence-electron chi connectivity index (χ1n) is 11.7. The number of rotatable bonds is 9. The summed E-state index contributed by atoms with van der Waals surface area (Å²) in [5.41, 5.74) is 2.64. The van der Waals surface area contributed by atoms with Gasteiger partial charge in [0, 0.05) is 24.1 Å². The molecule has 1 aliphatic heterocycles. The van der Waals surface area contributed by atoms with Crippen molar-refractivity contribution in [2.75, 3.05) is 25.2 Å². The third-order valence-electron chi connectivity index (χ3n) is 5.97. The lowest BCUT2D eigenvalue weighted by Crippen LogP contribution is -2.31. The summed E-state index contributed by atoms with van der Waals surface area (Å²) in [6.45, 7) is 1.59. The highest BCUT2D eigenvalue weighted by molar-refractivity contribution is 7.14. The summed E-state index contributed by atoms with van der Waals surface area (Å²) >= 11 is 8.08. The van der Waals surface area contributed by atoms with Crippen LogP contribution >= 0.6 is 22.9 Å². The van der Waals surface area contributed by atoms with E-state index < -0.39 is 0 Å². The fourth-order valence-corrected chi connectivity index (χ4v) is 5.13. The molecule has 4 aromatic rings. The highest BCUT2D eigenvalue weighted by atomic mass is 35.5. The Morgan fingerprint density at radius 1 is 1.19 bits per heavy atom. The minimum atomic E-state index is -0.253. The summed E-state index contributed by atoms with van der Waals surface area (Å²) in [5.74, 6) is 1.43. The van der Waals surface area contributed by atoms with E-state index in [2.05, 4.69) is 5.32 Å². The Labute approximate surface area is 218 Å². The van der Waals surface area contributed by atoms with Gasteiger partial charge in [-0.2, -0.15) is 0 Å². The van der Waals surface area contributed by atoms with Crippen LogP contribution in [0, 0.1) is 0 Å². The zero-order chi connectivity index (χ0) is 24.9. The van der Waals surface area contributed by atoms with Gasteiger partial charge in [0.2, 0.25) is 0 Å². The Hall–Kier alpha value is -3.33. The molecule has 1 N–H and O–H groups in total. The summed E-state index contributed by atoms with van der Waals surface area (Å²) in [5, 5.41) is 6.26. The molecule has 1 fully saturated rings. The number of amides is 1. The van der Waals surface area contributed by atoms with E-state index in [4.69, 9.17) is 30.5 Å². The number of hydrogen-bond acceptors (Lipinski definition) is 7. The molecule has 36 heavy (non-hydrogen) atoms. The summed E-state index contributed by atoms with van der Waals surface area (Å²) in [7, 11) is 1.64. The number of thiazole rings is 1. The maximum atomic E-state index is 12.6. The highest BCUT2D eigenvalue weighted by Gasteiger charge is 2.21. The number of methoxy groups -OCH3 is 1. The van der Waals surface area contributed by atoms with Crippen molar-refractivity contribution in [3.63, 3.8) is 0 Å². The van der Waals surface area contributed by atoms with Crippen LogP contribution in [0.4, 0.5) is 10.8 Å². The molecule has 0 bridgehead atoms. The Morgan fingerprint density at radius 3 is 2.78 bits per heavy atom. The number of furan rings is 1. The van der Waals surface area contributed by atoms with Gasteiger partial charge in [-0.3, -0.25) is 4.79 Å². The second-order valence-corrected chi connectivity index (χ2v) is 9.64. The monoisotopic (exact) mass is 523 g/mol. The molecule has 1 unspecified atom stereocenters. The molecule has 5 rings (SSSR count). The summed E-state index contributed by atoms with van der Waals surface area (Å²) < 4.78 is 16.8. The number of benzene rings is 2. The van der Waals surface area contributed by atoms with Gasteiger partial charge in [-0.05, 0) is 61.4 Å². The van der Waals surface area contributed by atoms with E-state index in [0.717, 1.165) is 47.3 Å². The van der Waals surface area contributed by atoms with Gasteiger partial charge in [-0.15, -0.1) is 11.3 Å². The average Bonchev–Trinajstić information content (AvgIpc) is 3.69. The maximum Gasteiger partial charge on any atom is 0.287 e. The first kappa shape index (κ1) is 24.4. The maximum absolute atomic E-state index is 12.6. The molecule has 1 saturated heterocycles. The first-order chi connectivity index (χ1) is 17.6. The van der Waals surface area contributed by atoms with Crippen molar-refractivity contribution in [1.82, 2.24) is 10.3 Å². The highest BCUT2D eigenvalue weighted by Crippen LogP contribution is 2.37. The quantitative estimate of drug-likeness (QED) is 0.277. The number of nitrogens with zero attached hydrogens (tertiary/aromatic N) is 2. The standard InChI is InChI=1S/C27H26ClN3O4S/c1-33-19-10-8-18(9-11-19)23-17-36-27(30-23)31(24-7-3-2-6-22(24)28)16-21-12-13-25(35-21)26(32)29-15-20-5-4-14-34-20/h2-3,6-13,17,20H,4-5,14-16H2,1H3,(H,29,32). The largest absolute Gasteiger partial charge is 0.497 e. The zero-order valence-corrected chi connectivity index (χ0v) is 21.3. The Morgan fingerprint density at radius 2 is 2.03 bits per heavy atom. The average molecular weight is 524 g/mol. The molecule has 9 heteroatoms. The van der Waals surface area contributed by atoms with Gasteiger partial charge < -0.3 is 24.1 Å². The van der Waals surface area contributed by atoms with Gasteiger partial charge in [0.05, 0.1) is 36.2 Å². The number of anilines is 2. The molecule has 2 aromatic heterocycles. The van der Waals surface area contributed by atoms with E-state index in [9.17, 15) is 4.79 Å². The SMILES string of the molecule is COc1ccc(-c2csc(N(Cc3ccc(C(=O)NCC4CCCO4)o3)c3ccccc3Cl)n2)cc1. The van der Waals surface area contributed by atoms with Crippen molar-refractivity contribution < 1.29 is 18.7 Å². The number of para-hydroxylation sites is 1. The van der Waals surface area contributed by atoms with Crippen LogP contribution in [0.5, 0.6) is 5.75 Å². The van der Waals surface area contributed by atoms with Gasteiger partial charge in [0.25, 0.3) is 5.91 Å². The molecule has 1 atom stereocenters. The fraction of sp³-hybridized carbons (Fsp3) is 0.259. The second-order valence-electron chi connectivity index (χ2n) is 8.39. The van der Waals surface area contributed by atoms with Crippen molar-refractivity contribution in [3.8, 4) is 17.0 Å². The lowest BCUT2D eigenvalue weighted by Gasteiger charge is -2.22. The van der Waals surface area contributed by atoms with Gasteiger partial charge in [0.1, 0.15) is 11.5 Å². The van der Waals surface area contributed by atoms with Gasteiger partial charge in [-0.1, -0.05) is 23.7 Å². The third-order valence-corrected chi connectivity index (χ3v) is 7.15. The fourth-order valence-electron chi connectivity index (χ4n) is 4.05. The van der Waals surface area contributed by atoms with Crippen molar-refractivity contribution in [2.45, 2.75) is 25.5 Å². The molecule has 3 heterocycles. The number of ether oxygens (including phenoxy) is 2. The van der Waals surface area contributed by atoms with E-state index in [1.807, 2.05) is 64.9 Å². The predicted molar refractivity (Wildman–Crippen MR) is 141 cm³/mol. The van der Waals surface area contributed by atoms with Crippen LogP contribution in [0.15, 0.2) is 70.5 Å². The Kier molecular flexibility index (Phi) is 7.55. The molecule has 0 saturated carbocycles. The molecule has 2 aromatic carbocycles. The van der Waals surface area contributed by atoms with Crippen LogP contribution in [0.2, 0.25) is 5.02 Å². The van der Waals surface area contributed by atoms with E-state index >= 15 is 0 Å². The summed E-state index contributed by atoms with van der Waals surface area (Å²) in [6.07, 6.45) is 2.06. The topological polar surface area (TPSA) is 76.8 Å². The third kappa shape index (κ3) is 5.56. The van der Waals surface area contributed by atoms with Crippen molar-refractivity contribution in [2.24, 2.45) is 0 Å². The first-order valence-corrected chi connectivity index (χ1v) is 13.0. The van der Waals surface area contributed by atoms with E-state index in [-0.39, 0.29) is 17.8 Å². The van der Waals surface area contributed by atoms with Crippen LogP contribution in [-0.2, 0) is 11.3 Å². The van der Waals surface area contributed by atoms with Crippen LogP contribution in [0.1, 0.15) is 29.2 Å². The summed E-state index contributed by atoms with van der Waals surface area (Å²) in [4.78, 5) is 19.5. The van der Waals surface area contributed by atoms with Gasteiger partial charge >= 0.3 is 0 Å². The van der Waals surface area contributed by atoms with E-state index in [0.29, 0.717) is 23.9 Å². The van der Waals surface area contributed by atoms with Crippen LogP contribution < -0.4 is 15.0 Å². The van der Waals surface area contributed by atoms with Gasteiger partial charge in [0.15, 0.2) is 10.9 Å². The number of carbonyl (C=O) groups is 1. The van der Waals surface area contributed by atoms with E-state index in [1.54, 1.807) is 13.2 Å². The molecule has 1 aliphatic rings. The lowest BCUT2D eigenvalue weighted by molar-refractivity contribution is 0.0834. The smallest absolute Gasteiger partial charge is 0.287 e. The predicted octanol–water partition coefficient (Wildman–Crippen LogP) is 6.31. The number of hydrogen-bond donors (Lipinski definition) is 1. The van der Waals surface area contributed by atoms with Crippen molar-refractivity contribution >= 4 is 39.7 Å². The number of nitrogens with one attached hydrogen (secondary N) is 1. The Balaban J connectivity index is 1.36. The minimum absolute atomic E-state index is 0.0731. The molecular weight excluding hydrogens is 498 g/mol. The molecular formula is C27H26ClN3O4S. The molecule has 186 valence electrons. The lowest BCUT2D eigenvalue weighted by atomic mass is 10.2. The van der Waals surface area contributed by atoms with Crippen LogP contribution in [-0.4, -0.2) is 37.3 Å². The molecule has 7 nitrogen and oxygen atoms in total. The normalized spacial score (nSPS) is 15.1. The number of aromatic nitrogens is 1. The minimum Gasteiger partial charge on any atom is -0.497 e. The van der Waals surface area contributed by atoms with Crippen LogP contribution in [0.3, 0.4) is 0 Å². The summed E-state index contributed by atoms with van der Waals surface area (Å²) in [6, 6.07) is 18.9.